The highest BCUT2D eigenvalue weighted by atomic mass is 16.5. The van der Waals surface area contributed by atoms with Gasteiger partial charge in [0.15, 0.2) is 0 Å². The van der Waals surface area contributed by atoms with Crippen LogP contribution in [0.1, 0.15) is 22.3 Å². The SMILES string of the molecule is c1ccc2c(c1)Oc1ccccc1C21c2ccccc2N(c2cc3c4ccccc4n4c5ccccc5c(c2)c34)c2ccccc21. The molecule has 1 spiro atoms. The standard InChI is InChI=1S/C43H26N2O/c1-7-19-36-28(13-1)30-25-27(26-31-29-14-2-8-20-37(29)45(36)42(30)31)44-38-21-9-3-15-32(38)43(33-16-4-10-22-39(33)44)34-17-5-11-23-40(34)46-41-24-12-6-18-35(41)43/h1-26H. The molecule has 3 nitrogen and oxygen atoms in total. The van der Waals surface area contributed by atoms with Gasteiger partial charge in [0, 0.05) is 38.4 Å². The second kappa shape index (κ2) is 8.56. The lowest BCUT2D eigenvalue weighted by atomic mass is 9.61. The molecule has 2 aliphatic heterocycles. The van der Waals surface area contributed by atoms with E-state index in [0.717, 1.165) is 17.2 Å². The van der Waals surface area contributed by atoms with E-state index in [4.69, 9.17) is 4.74 Å². The van der Waals surface area contributed by atoms with E-state index < -0.39 is 5.41 Å². The molecule has 0 fully saturated rings. The van der Waals surface area contributed by atoms with Crippen LogP contribution in [0.15, 0.2) is 158 Å². The highest BCUT2D eigenvalue weighted by molar-refractivity contribution is 6.24. The van der Waals surface area contributed by atoms with Gasteiger partial charge in [-0.1, -0.05) is 109 Å². The number of benzene rings is 7. The van der Waals surface area contributed by atoms with Gasteiger partial charge in [-0.15, -0.1) is 0 Å². The van der Waals surface area contributed by atoms with Crippen molar-refractivity contribution < 1.29 is 4.74 Å². The molecule has 0 saturated heterocycles. The summed E-state index contributed by atoms with van der Waals surface area (Å²) in [6.45, 7) is 0. The fourth-order valence-corrected chi connectivity index (χ4v) is 8.66. The van der Waals surface area contributed by atoms with Crippen LogP contribution in [-0.2, 0) is 5.41 Å². The Morgan fingerprint density at radius 1 is 0.413 bits per heavy atom. The summed E-state index contributed by atoms with van der Waals surface area (Å²) in [6, 6.07) is 57.4. The number of rotatable bonds is 1. The van der Waals surface area contributed by atoms with Gasteiger partial charge in [-0.2, -0.15) is 0 Å². The summed E-state index contributed by atoms with van der Waals surface area (Å²) >= 11 is 0. The van der Waals surface area contributed by atoms with Crippen molar-refractivity contribution in [1.29, 1.82) is 0 Å². The van der Waals surface area contributed by atoms with Gasteiger partial charge < -0.3 is 14.0 Å². The molecule has 3 heteroatoms. The molecule has 11 rings (SSSR count). The molecule has 0 N–H and O–H groups in total. The smallest absolute Gasteiger partial charge is 0.132 e. The summed E-state index contributed by atoms with van der Waals surface area (Å²) in [6.07, 6.45) is 0. The van der Waals surface area contributed by atoms with E-state index in [1.54, 1.807) is 0 Å². The fourth-order valence-electron chi connectivity index (χ4n) is 8.66. The second-order valence-electron chi connectivity index (χ2n) is 12.5. The van der Waals surface area contributed by atoms with Crippen molar-refractivity contribution in [2.45, 2.75) is 5.41 Å². The number of hydrogen-bond donors (Lipinski definition) is 0. The maximum Gasteiger partial charge on any atom is 0.132 e. The molecule has 0 saturated carbocycles. The van der Waals surface area contributed by atoms with Gasteiger partial charge in [0.25, 0.3) is 0 Å². The van der Waals surface area contributed by atoms with E-state index >= 15 is 0 Å². The Bertz CT molecular complexity index is 2520. The van der Waals surface area contributed by atoms with Crippen LogP contribution in [-0.4, -0.2) is 4.40 Å². The minimum absolute atomic E-state index is 0.543. The van der Waals surface area contributed by atoms with Crippen LogP contribution in [0, 0.1) is 0 Å². The van der Waals surface area contributed by atoms with Crippen molar-refractivity contribution in [3.63, 3.8) is 0 Å². The van der Waals surface area contributed by atoms with Gasteiger partial charge in [0.1, 0.15) is 11.5 Å². The molecule has 0 unspecified atom stereocenters. The number of ether oxygens (including phenoxy) is 1. The van der Waals surface area contributed by atoms with E-state index in [1.807, 2.05) is 0 Å². The topological polar surface area (TPSA) is 16.9 Å². The zero-order chi connectivity index (χ0) is 30.0. The first kappa shape index (κ1) is 24.3. The van der Waals surface area contributed by atoms with Gasteiger partial charge >= 0.3 is 0 Å². The molecule has 7 aromatic carbocycles. The van der Waals surface area contributed by atoms with Crippen LogP contribution in [0.5, 0.6) is 11.5 Å². The molecule has 214 valence electrons. The molecule has 0 radical (unpaired) electrons. The van der Waals surface area contributed by atoms with Crippen molar-refractivity contribution in [1.82, 2.24) is 4.40 Å². The van der Waals surface area contributed by atoms with Crippen molar-refractivity contribution >= 4 is 55.2 Å². The number of nitrogens with zero attached hydrogens (tertiary/aromatic N) is 2. The average Bonchev–Trinajstić information content (AvgIpc) is 3.63. The monoisotopic (exact) mass is 586 g/mol. The number of para-hydroxylation sites is 6. The first-order chi connectivity index (χ1) is 22.8. The number of aromatic nitrogens is 1. The summed E-state index contributed by atoms with van der Waals surface area (Å²) in [4.78, 5) is 2.49. The quantitative estimate of drug-likeness (QED) is 0.190. The summed E-state index contributed by atoms with van der Waals surface area (Å²) in [5.74, 6) is 1.80. The van der Waals surface area contributed by atoms with Gasteiger partial charge in [0.2, 0.25) is 0 Å². The molecule has 2 aliphatic rings. The largest absolute Gasteiger partial charge is 0.457 e. The Balaban J connectivity index is 1.29. The molecule has 0 amide bonds. The molecule has 46 heavy (non-hydrogen) atoms. The predicted octanol–water partition coefficient (Wildman–Crippen LogP) is 11.1. The Morgan fingerprint density at radius 2 is 0.848 bits per heavy atom. The summed E-state index contributed by atoms with van der Waals surface area (Å²) in [5, 5.41) is 5.10. The Hall–Kier alpha value is -6.06. The highest BCUT2D eigenvalue weighted by Gasteiger charge is 2.51. The third-order valence-corrected chi connectivity index (χ3v) is 10.3. The molecule has 0 aliphatic carbocycles. The van der Waals surface area contributed by atoms with E-state index in [2.05, 4.69) is 167 Å². The zero-order valence-electron chi connectivity index (χ0n) is 24.8. The third kappa shape index (κ3) is 2.80. The molecule has 2 aromatic heterocycles. The average molecular weight is 587 g/mol. The summed E-state index contributed by atoms with van der Waals surface area (Å²) in [7, 11) is 0. The first-order valence-corrected chi connectivity index (χ1v) is 15.9. The molecular formula is C43H26N2O. The Kier molecular flexibility index (Phi) is 4.52. The van der Waals surface area contributed by atoms with Gasteiger partial charge in [-0.05, 0) is 59.7 Å². The van der Waals surface area contributed by atoms with Crippen LogP contribution in [0.4, 0.5) is 17.1 Å². The summed E-state index contributed by atoms with van der Waals surface area (Å²) < 4.78 is 9.03. The summed E-state index contributed by atoms with van der Waals surface area (Å²) in [5.41, 5.74) is 11.6. The minimum atomic E-state index is -0.543. The van der Waals surface area contributed by atoms with E-state index in [0.29, 0.717) is 0 Å². The van der Waals surface area contributed by atoms with Crippen molar-refractivity contribution in [3.8, 4) is 11.5 Å². The molecule has 9 aromatic rings. The predicted molar refractivity (Wildman–Crippen MR) is 188 cm³/mol. The van der Waals surface area contributed by atoms with Crippen LogP contribution >= 0.6 is 0 Å². The van der Waals surface area contributed by atoms with Crippen LogP contribution in [0.3, 0.4) is 0 Å². The molecule has 0 bridgehead atoms. The number of fused-ring (bicyclic) bond motifs is 14. The minimum Gasteiger partial charge on any atom is -0.457 e. The molecule has 0 atom stereocenters. The van der Waals surface area contributed by atoms with Crippen LogP contribution in [0.2, 0.25) is 0 Å². The van der Waals surface area contributed by atoms with Gasteiger partial charge in [-0.25, -0.2) is 0 Å². The maximum atomic E-state index is 6.58. The van der Waals surface area contributed by atoms with Crippen LogP contribution < -0.4 is 9.64 Å². The zero-order valence-corrected chi connectivity index (χ0v) is 24.8. The highest BCUT2D eigenvalue weighted by Crippen LogP contribution is 2.62. The second-order valence-corrected chi connectivity index (χ2v) is 12.5. The third-order valence-electron chi connectivity index (χ3n) is 10.3. The van der Waals surface area contributed by atoms with Gasteiger partial charge in [0.05, 0.1) is 33.3 Å². The molecule has 4 heterocycles. The lowest BCUT2D eigenvalue weighted by Crippen LogP contribution is -2.39. The van der Waals surface area contributed by atoms with E-state index in [1.165, 1.54) is 71.7 Å². The maximum absolute atomic E-state index is 6.58. The normalized spacial score (nSPS) is 14.4. The first-order valence-electron chi connectivity index (χ1n) is 15.9. The van der Waals surface area contributed by atoms with Gasteiger partial charge in [-0.3, -0.25) is 0 Å². The van der Waals surface area contributed by atoms with Crippen molar-refractivity contribution in [2.75, 3.05) is 4.90 Å². The van der Waals surface area contributed by atoms with Crippen molar-refractivity contribution in [3.05, 3.63) is 180 Å². The lowest BCUT2D eigenvalue weighted by Gasteiger charge is -2.48. The lowest BCUT2D eigenvalue weighted by molar-refractivity contribution is 0.434. The fraction of sp³-hybridized carbons (Fsp3) is 0.0233. The van der Waals surface area contributed by atoms with E-state index in [9.17, 15) is 0 Å². The van der Waals surface area contributed by atoms with Crippen molar-refractivity contribution in [2.24, 2.45) is 0 Å². The molecular weight excluding hydrogens is 560 g/mol. The Labute approximate surface area is 265 Å². The Morgan fingerprint density at radius 3 is 1.39 bits per heavy atom. The number of anilines is 3. The van der Waals surface area contributed by atoms with E-state index in [-0.39, 0.29) is 0 Å². The number of hydrogen-bond acceptors (Lipinski definition) is 2. The van der Waals surface area contributed by atoms with Crippen LogP contribution in [0.25, 0.3) is 38.1 Å².